The van der Waals surface area contributed by atoms with Gasteiger partial charge in [0.2, 0.25) is 0 Å². The molecule has 1 unspecified atom stereocenters. The van der Waals surface area contributed by atoms with Gasteiger partial charge >= 0.3 is 5.97 Å². The lowest BCUT2D eigenvalue weighted by atomic mass is 10.1. The van der Waals surface area contributed by atoms with Gasteiger partial charge in [0, 0.05) is 17.7 Å². The summed E-state index contributed by atoms with van der Waals surface area (Å²) < 4.78 is 0. The van der Waals surface area contributed by atoms with Crippen molar-refractivity contribution in [3.05, 3.63) is 16.1 Å². The maximum absolute atomic E-state index is 10.7. The van der Waals surface area contributed by atoms with Crippen LogP contribution in [0.2, 0.25) is 0 Å². The Morgan fingerprint density at radius 1 is 1.59 bits per heavy atom. The maximum Gasteiger partial charge on any atom is 0.306 e. The van der Waals surface area contributed by atoms with Gasteiger partial charge in [-0.2, -0.15) is 0 Å². The highest BCUT2D eigenvalue weighted by Crippen LogP contribution is 2.34. The fourth-order valence-electron chi connectivity index (χ4n) is 2.31. The summed E-state index contributed by atoms with van der Waals surface area (Å²) >= 11 is 1.69. The molecule has 3 nitrogen and oxygen atoms in total. The first-order chi connectivity index (χ1) is 8.16. The highest BCUT2D eigenvalue weighted by molar-refractivity contribution is 7.09. The van der Waals surface area contributed by atoms with Gasteiger partial charge in [0.25, 0.3) is 0 Å². The van der Waals surface area contributed by atoms with Crippen molar-refractivity contribution in [3.63, 3.8) is 0 Å². The number of carboxylic acid groups (broad SMARTS) is 1. The Kier molecular flexibility index (Phi) is 4.15. The fraction of sp³-hybridized carbons (Fsp3) is 0.692. The SMILES string of the molecule is CC(CCc1nc(C2CCCC2)cs1)C(=O)O. The molecule has 0 saturated heterocycles. The molecule has 0 amide bonds. The standard InChI is InChI=1S/C13H19NO2S/c1-9(13(15)16)6-7-12-14-11(8-17-12)10-4-2-3-5-10/h8-10H,2-7H2,1H3,(H,15,16). The largest absolute Gasteiger partial charge is 0.481 e. The summed E-state index contributed by atoms with van der Waals surface area (Å²) in [6.07, 6.45) is 6.68. The smallest absolute Gasteiger partial charge is 0.306 e. The number of aromatic nitrogens is 1. The molecule has 1 N–H and O–H groups in total. The van der Waals surface area contributed by atoms with E-state index in [1.807, 2.05) is 0 Å². The Balaban J connectivity index is 1.87. The number of hydrogen-bond acceptors (Lipinski definition) is 3. The van der Waals surface area contributed by atoms with Crippen LogP contribution < -0.4 is 0 Å². The number of aryl methyl sites for hydroxylation is 1. The molecule has 2 rings (SSSR count). The number of rotatable bonds is 5. The number of thiazole rings is 1. The van der Waals surface area contributed by atoms with Gasteiger partial charge < -0.3 is 5.11 Å². The molecule has 0 radical (unpaired) electrons. The Morgan fingerprint density at radius 2 is 2.29 bits per heavy atom. The monoisotopic (exact) mass is 253 g/mol. The van der Waals surface area contributed by atoms with Gasteiger partial charge in [-0.15, -0.1) is 11.3 Å². The third-order valence-electron chi connectivity index (χ3n) is 3.56. The molecule has 17 heavy (non-hydrogen) atoms. The van der Waals surface area contributed by atoms with Crippen LogP contribution >= 0.6 is 11.3 Å². The van der Waals surface area contributed by atoms with Crippen LogP contribution in [-0.4, -0.2) is 16.1 Å². The average Bonchev–Trinajstić information content (AvgIpc) is 2.95. The van der Waals surface area contributed by atoms with Gasteiger partial charge in [0.05, 0.1) is 16.6 Å². The number of aliphatic carboxylic acids is 1. The van der Waals surface area contributed by atoms with Gasteiger partial charge in [-0.3, -0.25) is 4.79 Å². The first-order valence-corrected chi connectivity index (χ1v) is 7.22. The van der Waals surface area contributed by atoms with E-state index in [2.05, 4.69) is 10.4 Å². The third-order valence-corrected chi connectivity index (χ3v) is 4.48. The number of carbonyl (C=O) groups is 1. The van der Waals surface area contributed by atoms with Gasteiger partial charge in [-0.05, 0) is 19.3 Å². The molecule has 0 aliphatic heterocycles. The van der Waals surface area contributed by atoms with Crippen molar-refractivity contribution in [2.75, 3.05) is 0 Å². The molecule has 1 saturated carbocycles. The molecule has 1 heterocycles. The second kappa shape index (κ2) is 5.63. The van der Waals surface area contributed by atoms with Crippen LogP contribution in [0.3, 0.4) is 0 Å². The van der Waals surface area contributed by atoms with Gasteiger partial charge in [-0.1, -0.05) is 19.8 Å². The van der Waals surface area contributed by atoms with E-state index < -0.39 is 5.97 Å². The zero-order chi connectivity index (χ0) is 12.3. The van der Waals surface area contributed by atoms with Crippen LogP contribution in [-0.2, 0) is 11.2 Å². The summed E-state index contributed by atoms with van der Waals surface area (Å²) in [6.45, 7) is 1.76. The number of nitrogens with zero attached hydrogens (tertiary/aromatic N) is 1. The van der Waals surface area contributed by atoms with E-state index in [0.717, 1.165) is 11.4 Å². The minimum Gasteiger partial charge on any atom is -0.481 e. The molecule has 0 aromatic carbocycles. The predicted molar refractivity (Wildman–Crippen MR) is 68.4 cm³/mol. The first kappa shape index (κ1) is 12.6. The van der Waals surface area contributed by atoms with Crippen molar-refractivity contribution in [2.24, 2.45) is 5.92 Å². The van der Waals surface area contributed by atoms with Crippen LogP contribution in [0, 0.1) is 5.92 Å². The first-order valence-electron chi connectivity index (χ1n) is 6.34. The average molecular weight is 253 g/mol. The van der Waals surface area contributed by atoms with Crippen molar-refractivity contribution < 1.29 is 9.90 Å². The van der Waals surface area contributed by atoms with Crippen molar-refractivity contribution in [1.82, 2.24) is 4.98 Å². The van der Waals surface area contributed by atoms with E-state index in [-0.39, 0.29) is 5.92 Å². The number of carboxylic acids is 1. The second-order valence-electron chi connectivity index (χ2n) is 4.93. The van der Waals surface area contributed by atoms with E-state index in [9.17, 15) is 4.79 Å². The van der Waals surface area contributed by atoms with Crippen molar-refractivity contribution in [3.8, 4) is 0 Å². The van der Waals surface area contributed by atoms with Gasteiger partial charge in [0.15, 0.2) is 0 Å². The third kappa shape index (κ3) is 3.28. The normalized spacial score (nSPS) is 18.4. The predicted octanol–water partition coefficient (Wildman–Crippen LogP) is 3.45. The molecule has 1 aromatic rings. The fourth-order valence-corrected chi connectivity index (χ4v) is 3.21. The molecule has 1 atom stereocenters. The highest BCUT2D eigenvalue weighted by Gasteiger charge is 2.20. The lowest BCUT2D eigenvalue weighted by Crippen LogP contribution is -2.10. The zero-order valence-electron chi connectivity index (χ0n) is 10.2. The summed E-state index contributed by atoms with van der Waals surface area (Å²) in [5.74, 6) is -0.316. The molecule has 1 aliphatic rings. The summed E-state index contributed by atoms with van der Waals surface area (Å²) in [5, 5.41) is 12.1. The maximum atomic E-state index is 10.7. The minimum atomic E-state index is -0.711. The lowest BCUT2D eigenvalue weighted by molar-refractivity contribution is -0.141. The second-order valence-corrected chi connectivity index (χ2v) is 5.87. The van der Waals surface area contributed by atoms with Crippen LogP contribution in [0.4, 0.5) is 0 Å². The van der Waals surface area contributed by atoms with E-state index >= 15 is 0 Å². The minimum absolute atomic E-state index is 0.270. The molecular formula is C13H19NO2S. The van der Waals surface area contributed by atoms with Crippen LogP contribution in [0.5, 0.6) is 0 Å². The number of hydrogen-bond donors (Lipinski definition) is 1. The van der Waals surface area contributed by atoms with Gasteiger partial charge in [0.1, 0.15) is 0 Å². The molecule has 4 heteroatoms. The van der Waals surface area contributed by atoms with E-state index in [0.29, 0.717) is 12.3 Å². The zero-order valence-corrected chi connectivity index (χ0v) is 11.0. The van der Waals surface area contributed by atoms with Gasteiger partial charge in [-0.25, -0.2) is 4.98 Å². The van der Waals surface area contributed by atoms with Crippen LogP contribution in [0.1, 0.15) is 55.6 Å². The Labute approximate surface area is 106 Å². The summed E-state index contributed by atoms with van der Waals surface area (Å²) in [7, 11) is 0. The van der Waals surface area contributed by atoms with Crippen LogP contribution in [0.15, 0.2) is 5.38 Å². The van der Waals surface area contributed by atoms with E-state index in [1.54, 1.807) is 18.3 Å². The lowest BCUT2D eigenvalue weighted by Gasteiger charge is -2.04. The molecule has 1 fully saturated rings. The van der Waals surface area contributed by atoms with E-state index in [4.69, 9.17) is 5.11 Å². The van der Waals surface area contributed by atoms with Crippen molar-refractivity contribution in [1.29, 1.82) is 0 Å². The molecule has 1 aliphatic carbocycles. The molecule has 94 valence electrons. The Hall–Kier alpha value is -0.900. The molecule has 0 bridgehead atoms. The summed E-state index contributed by atoms with van der Waals surface area (Å²) in [5.41, 5.74) is 1.24. The Morgan fingerprint density at radius 3 is 2.94 bits per heavy atom. The quantitative estimate of drug-likeness (QED) is 0.874. The van der Waals surface area contributed by atoms with Crippen LogP contribution in [0.25, 0.3) is 0 Å². The topological polar surface area (TPSA) is 50.2 Å². The molecular weight excluding hydrogens is 234 g/mol. The van der Waals surface area contributed by atoms with Crippen molar-refractivity contribution >= 4 is 17.3 Å². The van der Waals surface area contributed by atoms with Crippen molar-refractivity contribution in [2.45, 2.75) is 51.4 Å². The molecule has 0 spiro atoms. The summed E-state index contributed by atoms with van der Waals surface area (Å²) in [4.78, 5) is 15.4. The highest BCUT2D eigenvalue weighted by atomic mass is 32.1. The molecule has 1 aromatic heterocycles. The Bertz CT molecular complexity index is 383. The summed E-state index contributed by atoms with van der Waals surface area (Å²) in [6, 6.07) is 0. The van der Waals surface area contributed by atoms with E-state index in [1.165, 1.54) is 31.4 Å².